The van der Waals surface area contributed by atoms with Crippen molar-refractivity contribution in [2.75, 3.05) is 6.61 Å². The molecule has 5 rings (SSSR count). The molecule has 24 nitrogen and oxygen atoms in total. The summed E-state index contributed by atoms with van der Waals surface area (Å²) in [5, 5.41) is 56.1. The number of nitrogens with two attached hydrogens (primary N) is 2. The number of aromatic nitrogens is 4. The van der Waals surface area contributed by atoms with E-state index in [1.165, 1.54) is 6.92 Å². The Morgan fingerprint density at radius 2 is 1.06 bits per heavy atom. The minimum atomic E-state index is -1.57. The van der Waals surface area contributed by atoms with Gasteiger partial charge in [-0.15, -0.1) is 20.4 Å². The number of hydrogen-bond donors (Lipinski definition) is 10. The number of carbonyl (C=O) groups excluding carboxylic acids is 5. The number of carboxylic acid groups (broad SMARTS) is 1. The van der Waals surface area contributed by atoms with Crippen molar-refractivity contribution < 1.29 is 62.4 Å². The molecule has 2 unspecified atom stereocenters. The number of ether oxygens (including phenoxy) is 2. The SMILES string of the molecule is CC(O)[C@H](NC(=O)N[C@@H](CC(N)=O)c1nnc([C@@H](N)CO)o1)C(=O)O.CC[C@H](C)c1nnc([C@H](CC(=O)NC(c2ccccc2)(c2ccccc2)c2ccccc2)NC(=O)N[C@H](C(=O)OC(C)(C)C)C(C)OC(C)(C)C)o1. The Bertz CT molecular complexity index is 2590. The molecule has 2 heterocycles. The highest BCUT2D eigenvalue weighted by atomic mass is 16.6. The number of aliphatic hydroxyl groups is 2. The average Bonchev–Trinajstić information content (AvgIpc) is 4.08. The maximum atomic E-state index is 14.4. The van der Waals surface area contributed by atoms with Crippen LogP contribution in [0.15, 0.2) is 99.8 Å². The summed E-state index contributed by atoms with van der Waals surface area (Å²) in [5.41, 5.74) is 10.6. The maximum Gasteiger partial charge on any atom is 0.331 e. The highest BCUT2D eigenvalue weighted by Gasteiger charge is 2.40. The number of aliphatic carboxylic acids is 1. The number of primary amides is 1. The molecule has 0 fully saturated rings. The van der Waals surface area contributed by atoms with E-state index in [2.05, 4.69) is 41.7 Å². The Balaban J connectivity index is 0.000000429. The topological polar surface area (TPSA) is 372 Å². The molecule has 8 atom stereocenters. The van der Waals surface area contributed by atoms with Crippen LogP contribution in [0.1, 0.15) is 153 Å². The van der Waals surface area contributed by atoms with Crippen molar-refractivity contribution in [1.29, 1.82) is 0 Å². The predicted molar refractivity (Wildman–Crippen MR) is 279 cm³/mol. The summed E-state index contributed by atoms with van der Waals surface area (Å²) >= 11 is 0. The van der Waals surface area contributed by atoms with E-state index in [9.17, 15) is 33.9 Å². The Hall–Kier alpha value is -7.80. The first-order chi connectivity index (χ1) is 36.2. The van der Waals surface area contributed by atoms with E-state index >= 15 is 0 Å². The van der Waals surface area contributed by atoms with Crippen LogP contribution in [0, 0.1) is 0 Å². The number of nitrogens with zero attached hydrogens (tertiary/aromatic N) is 4. The van der Waals surface area contributed by atoms with Crippen molar-refractivity contribution in [3.05, 3.63) is 131 Å². The molecule has 0 bridgehead atoms. The molecule has 5 aromatic rings. The number of benzene rings is 3. The minimum absolute atomic E-state index is 0.0432. The summed E-state index contributed by atoms with van der Waals surface area (Å²) < 4.78 is 22.9. The lowest BCUT2D eigenvalue weighted by Crippen LogP contribution is -2.55. The zero-order valence-corrected chi connectivity index (χ0v) is 45.0. The largest absolute Gasteiger partial charge is 0.480 e. The summed E-state index contributed by atoms with van der Waals surface area (Å²) in [4.78, 5) is 75.7. The van der Waals surface area contributed by atoms with Gasteiger partial charge < -0.3 is 71.7 Å². The van der Waals surface area contributed by atoms with E-state index in [0.717, 1.165) is 23.1 Å². The second kappa shape index (κ2) is 27.8. The van der Waals surface area contributed by atoms with Crippen molar-refractivity contribution in [3.63, 3.8) is 0 Å². The number of carbonyl (C=O) groups is 6. The number of esters is 1. The van der Waals surface area contributed by atoms with Crippen molar-refractivity contribution in [2.45, 2.75) is 154 Å². The first-order valence-electron chi connectivity index (χ1n) is 24.9. The minimum Gasteiger partial charge on any atom is -0.480 e. The molecule has 0 radical (unpaired) electrons. The van der Waals surface area contributed by atoms with Crippen LogP contribution < -0.4 is 38.1 Å². The molecule has 12 N–H and O–H groups in total. The van der Waals surface area contributed by atoms with Gasteiger partial charge >= 0.3 is 24.0 Å². The summed E-state index contributed by atoms with van der Waals surface area (Å²) in [6.07, 6.45) is -2.07. The first kappa shape index (κ1) is 61.7. The zero-order chi connectivity index (χ0) is 57.3. The van der Waals surface area contributed by atoms with Crippen LogP contribution in [0.2, 0.25) is 0 Å². The van der Waals surface area contributed by atoms with Crippen molar-refractivity contribution in [1.82, 2.24) is 47.0 Å². The molecule has 418 valence electrons. The van der Waals surface area contributed by atoms with Crippen molar-refractivity contribution in [2.24, 2.45) is 11.5 Å². The van der Waals surface area contributed by atoms with Crippen LogP contribution in [0.4, 0.5) is 9.59 Å². The molecule has 0 saturated carbocycles. The third-order valence-corrected chi connectivity index (χ3v) is 11.4. The predicted octanol–water partition coefficient (Wildman–Crippen LogP) is 4.45. The molecular formula is C53H73N11O13. The van der Waals surface area contributed by atoms with E-state index in [0.29, 0.717) is 5.89 Å². The molecule has 3 aromatic carbocycles. The van der Waals surface area contributed by atoms with Crippen LogP contribution in [0.25, 0.3) is 0 Å². The number of aliphatic hydroxyl groups excluding tert-OH is 2. The van der Waals surface area contributed by atoms with Gasteiger partial charge in [-0.05, 0) is 78.5 Å². The molecule has 0 aliphatic carbocycles. The smallest absolute Gasteiger partial charge is 0.331 e. The number of hydrogen-bond acceptors (Lipinski definition) is 17. The summed E-state index contributed by atoms with van der Waals surface area (Å²) in [7, 11) is 0. The molecular weight excluding hydrogens is 999 g/mol. The molecule has 0 spiro atoms. The fraction of sp³-hybridized carbons (Fsp3) is 0.472. The fourth-order valence-corrected chi connectivity index (χ4v) is 7.63. The number of carboxylic acids is 1. The van der Waals surface area contributed by atoms with E-state index in [1.54, 1.807) is 27.7 Å². The van der Waals surface area contributed by atoms with Crippen molar-refractivity contribution in [3.8, 4) is 0 Å². The third kappa shape index (κ3) is 18.5. The van der Waals surface area contributed by atoms with Gasteiger partial charge in [0.25, 0.3) is 0 Å². The molecule has 77 heavy (non-hydrogen) atoms. The third-order valence-electron chi connectivity index (χ3n) is 11.4. The monoisotopic (exact) mass is 1070 g/mol. The van der Waals surface area contributed by atoms with Gasteiger partial charge in [0.15, 0.2) is 12.1 Å². The zero-order valence-electron chi connectivity index (χ0n) is 45.0. The highest BCUT2D eigenvalue weighted by Crippen LogP contribution is 2.37. The van der Waals surface area contributed by atoms with Crippen LogP contribution in [-0.4, -0.2) is 114 Å². The summed E-state index contributed by atoms with van der Waals surface area (Å²) in [6, 6.07) is 21.5. The van der Waals surface area contributed by atoms with E-state index < -0.39 is 108 Å². The molecule has 24 heteroatoms. The number of rotatable bonds is 23. The van der Waals surface area contributed by atoms with Gasteiger partial charge in [-0.1, -0.05) is 105 Å². The lowest BCUT2D eigenvalue weighted by atomic mass is 9.77. The Morgan fingerprint density at radius 3 is 1.47 bits per heavy atom. The van der Waals surface area contributed by atoms with Gasteiger partial charge in [-0.25, -0.2) is 19.2 Å². The van der Waals surface area contributed by atoms with Crippen LogP contribution in [0.3, 0.4) is 0 Å². The highest BCUT2D eigenvalue weighted by molar-refractivity contribution is 5.86. The lowest BCUT2D eigenvalue weighted by Gasteiger charge is -2.37. The quantitative estimate of drug-likeness (QED) is 0.0319. The van der Waals surface area contributed by atoms with Crippen LogP contribution in [-0.2, 0) is 34.2 Å². The molecule has 2 aromatic heterocycles. The summed E-state index contributed by atoms with van der Waals surface area (Å²) in [5.74, 6) is -3.26. The molecule has 6 amide bonds. The van der Waals surface area contributed by atoms with Gasteiger partial charge in [-0.2, -0.15) is 0 Å². The second-order valence-corrected chi connectivity index (χ2v) is 20.2. The standard InChI is InChI=1S/C41H53N5O6.C12H20N6O7/c1-10-27(2)35-45-46-36(50-35)32(42-38(49)43-34(28(3)51-39(4,5)6)37(48)52-40(7,8)9)26-33(47)44-41(29-20-14-11-15-21-29,30-22-16-12-17-23-30)31-24-18-13-19-25-31;1-4(20)8(11(22)23)16-12(24)15-6(2-7(14)21)10-18-17-9(25-10)5(13)3-19/h11-25,27-28,32,34H,10,26H2,1-9H3,(H,44,47)(H2,42,43,49);4-6,8,19-20H,2-3,13H2,1H3,(H2,14,21)(H,22,23)(H2,15,16,24)/t27-,28?,32-,34-;4?,5-,6-,8-/m00/s1. The lowest BCUT2D eigenvalue weighted by molar-refractivity contribution is -0.164. The van der Waals surface area contributed by atoms with Gasteiger partial charge in [0.05, 0.1) is 37.3 Å². The number of urea groups is 2. The van der Waals surface area contributed by atoms with E-state index in [-0.39, 0.29) is 30.0 Å². The second-order valence-electron chi connectivity index (χ2n) is 20.2. The summed E-state index contributed by atoms with van der Waals surface area (Å²) in [6.45, 7) is 17.2. The molecule has 0 saturated heterocycles. The first-order valence-corrected chi connectivity index (χ1v) is 24.9. The fourth-order valence-electron chi connectivity index (χ4n) is 7.63. The van der Waals surface area contributed by atoms with E-state index in [4.69, 9.17) is 40.0 Å². The van der Waals surface area contributed by atoms with Crippen LogP contribution >= 0.6 is 0 Å². The van der Waals surface area contributed by atoms with Gasteiger partial charge in [-0.3, -0.25) is 9.59 Å². The normalized spacial score (nSPS) is 14.8. The number of nitrogens with one attached hydrogen (secondary N) is 5. The molecule has 0 aliphatic rings. The Morgan fingerprint density at radius 1 is 0.636 bits per heavy atom. The Labute approximate surface area is 446 Å². The van der Waals surface area contributed by atoms with Crippen LogP contribution in [0.5, 0.6) is 0 Å². The average molecular weight is 1070 g/mol. The van der Waals surface area contributed by atoms with E-state index in [1.807, 2.05) is 131 Å². The molecule has 0 aliphatic heterocycles. The maximum absolute atomic E-state index is 14.4. The van der Waals surface area contributed by atoms with Gasteiger partial charge in [0, 0.05) is 5.92 Å². The van der Waals surface area contributed by atoms with Crippen molar-refractivity contribution >= 4 is 35.8 Å². The van der Waals surface area contributed by atoms with Gasteiger partial charge in [0.2, 0.25) is 35.4 Å². The number of amides is 6. The Kier molecular flexibility index (Phi) is 22.3. The van der Waals surface area contributed by atoms with Gasteiger partial charge in [0.1, 0.15) is 29.3 Å².